The van der Waals surface area contributed by atoms with Gasteiger partial charge in [-0.05, 0) is 68.2 Å². The number of rotatable bonds is 36. The van der Waals surface area contributed by atoms with Crippen LogP contribution in [0.5, 0.6) is 0 Å². The van der Waals surface area contributed by atoms with Crippen LogP contribution in [0.3, 0.4) is 0 Å². The Morgan fingerprint density at radius 3 is 1.37 bits per heavy atom. The molecule has 2 N–H and O–H groups in total. The summed E-state index contributed by atoms with van der Waals surface area (Å²) in [6, 6.07) is 5.37. The van der Waals surface area contributed by atoms with E-state index >= 15 is 0 Å². The normalized spacial score (nSPS) is 17.2. The third-order valence-electron chi connectivity index (χ3n) is 23.5. The number of Topliss-reactive ketones (excluding diaryl/α,β-unsaturated/α-hetero) is 1. The molecule has 2 amide bonds. The Kier molecular flexibility index (Phi) is 45.9. The number of para-hydroxylation sites is 1. The SMILES string of the molecule is CCn1c(Cl)nc2c(-c3nc(C(C)C)cs3)cccc21.C[C@H]1CCCCC/C=C\[C@@H]2C[C@@]2(C(=O)NS(=O)(=O)N(C)C)CC(=O)[C@@H]2C[C@@H](O)CN2C1=O.[B][B]B([B])B(B([B])[B])B(B(B([B])[B])B([B])[B])B(B(B(B([B])[B])B([B])[B])B(B([B])[B])B([B])[B])B(B(B(B([B])[B])B([B])[B])B(B([B])[B])B([B])[B])B(B(B([B])[B])B([B])[B])B(B([B])[B])B([B])[B]. The van der Waals surface area contributed by atoms with Gasteiger partial charge in [-0.1, -0.05) is 51.8 Å². The number of aryl methyl sites for hydroxylation is 1. The van der Waals surface area contributed by atoms with Gasteiger partial charge in [0.1, 0.15) is 10.5 Å². The number of fused-ring (bicyclic) bond motifs is 3. The van der Waals surface area contributed by atoms with Crippen LogP contribution in [-0.4, -0.2) is 534 Å². The van der Waals surface area contributed by atoms with Crippen LogP contribution in [-0.2, 0) is 31.1 Å². The molecule has 0 unspecified atom stereocenters. The molecule has 65 radical (unpaired) electrons. The largest absolute Gasteiger partial charge is 0.391 e. The Balaban J connectivity index is 0.000000433. The molecule has 0 bridgehead atoms. The van der Waals surface area contributed by atoms with Crippen LogP contribution in [0.2, 0.25) is 5.28 Å². The fourth-order valence-corrected chi connectivity index (χ4v) is 19.9. The van der Waals surface area contributed by atoms with Crippen molar-refractivity contribution in [3.63, 3.8) is 0 Å². The summed E-state index contributed by atoms with van der Waals surface area (Å²) in [5.41, 5.74) is 3.04. The molecule has 1 saturated carbocycles. The number of allylic oxidation sites excluding steroid dienone is 2. The number of aliphatic hydroxyl groups excluding tert-OH is 1. The minimum atomic E-state index is -3.99. The fraction of sp³-hybridized carbons (Fsp3) is 0.595. The first kappa shape index (κ1) is 108. The third-order valence-corrected chi connectivity index (χ3v) is 26.1. The Hall–Kier alpha value is 0.921. The molecule has 3 aromatic rings. The lowest BCUT2D eigenvalue weighted by molar-refractivity contribution is -0.141. The van der Waals surface area contributed by atoms with Crippen molar-refractivity contribution in [2.24, 2.45) is 17.3 Å². The van der Waals surface area contributed by atoms with Crippen molar-refractivity contribution in [1.82, 2.24) is 28.5 Å². The van der Waals surface area contributed by atoms with Crippen molar-refractivity contribution >= 4 is 508 Å². The predicted molar refractivity (Wildman–Crippen MR) is 567 cm³/mol. The number of hydrogen-bond donors (Lipinski definition) is 2. The zero-order valence-corrected chi connectivity index (χ0v) is 69.6. The lowest BCUT2D eigenvalue weighted by atomic mass is 8.22. The van der Waals surface area contributed by atoms with Crippen LogP contribution in [0, 0.1) is 17.3 Å². The number of imidazole rings is 1. The van der Waals surface area contributed by atoms with Crippen molar-refractivity contribution < 1.29 is 27.9 Å². The molecule has 473 valence electrons. The van der Waals surface area contributed by atoms with E-state index in [1.807, 2.05) is 29.7 Å². The molecule has 5 atom stereocenters. The van der Waals surface area contributed by atoms with Gasteiger partial charge in [-0.3, -0.25) is 14.4 Å². The molecule has 115 heavy (non-hydrogen) atoms. The van der Waals surface area contributed by atoms with Gasteiger partial charge in [0.25, 0.3) is 0 Å². The average molecular weight is 1460 g/mol. The zero-order chi connectivity index (χ0) is 88.0. The number of aromatic nitrogens is 3. The number of carbonyl (C=O) groups excluding carboxylic acids is 3. The number of halogens is 1. The highest BCUT2D eigenvalue weighted by molar-refractivity contribution is 8.38. The van der Waals surface area contributed by atoms with E-state index in [1.165, 1.54) is 19.0 Å². The van der Waals surface area contributed by atoms with Crippen molar-refractivity contribution in [3.05, 3.63) is 46.7 Å². The van der Waals surface area contributed by atoms with Crippen LogP contribution in [0.1, 0.15) is 90.7 Å². The summed E-state index contributed by atoms with van der Waals surface area (Å²) in [7, 11) is 212. The highest BCUT2D eigenvalue weighted by Crippen LogP contribution is 2.57. The molecule has 3 aliphatic rings. The summed E-state index contributed by atoms with van der Waals surface area (Å²) >= 11 is 7.88. The van der Waals surface area contributed by atoms with E-state index in [0.717, 1.165) is 77.3 Å². The molecular weight excluding hydrogens is 1410 g/mol. The maximum Gasteiger partial charge on any atom is 0.303 e. The van der Waals surface area contributed by atoms with Crippen molar-refractivity contribution in [2.75, 3.05) is 20.6 Å². The number of carbonyl (C=O) groups is 3. The quantitative estimate of drug-likeness (QED) is 0.0431. The molecule has 0 spiro atoms. The molecule has 12 nitrogen and oxygen atoms in total. The number of amides is 2. The van der Waals surface area contributed by atoms with E-state index in [2.05, 4.69) is 48.0 Å². The number of nitrogens with one attached hydrogen (secondary N) is 1. The Morgan fingerprint density at radius 2 is 1.01 bits per heavy atom. The van der Waals surface area contributed by atoms with Gasteiger partial charge >= 0.3 is 10.2 Å². The number of aliphatic hydroxyl groups is 1. The first-order valence-corrected chi connectivity index (χ1v) is 41.5. The molecule has 6 rings (SSSR count). The minimum Gasteiger partial charge on any atom is -0.391 e. The molecular formula is C37H51B63ClN6O6S2. The molecule has 1 saturated heterocycles. The zero-order valence-electron chi connectivity index (χ0n) is 67.2. The highest BCUT2D eigenvalue weighted by atomic mass is 35.5. The monoisotopic (exact) mass is 1470 g/mol. The highest BCUT2D eigenvalue weighted by Gasteiger charge is 2.65. The van der Waals surface area contributed by atoms with Gasteiger partial charge in [-0.2, -0.15) is 12.7 Å². The summed E-state index contributed by atoms with van der Waals surface area (Å²) in [6.45, 7) is 9.15. The van der Waals surface area contributed by atoms with Gasteiger partial charge in [-0.15, -0.1) is 11.3 Å². The van der Waals surface area contributed by atoms with Crippen LogP contribution < -0.4 is 4.72 Å². The molecule has 2 aromatic heterocycles. The maximum absolute atomic E-state index is 13.3. The van der Waals surface area contributed by atoms with E-state index in [0.29, 0.717) is 17.6 Å². The maximum atomic E-state index is 13.3. The number of ketones is 1. The van der Waals surface area contributed by atoms with Gasteiger partial charge in [-0.25, -0.2) is 14.7 Å². The van der Waals surface area contributed by atoms with Crippen LogP contribution in [0.25, 0.3) is 21.6 Å². The molecule has 1 aliphatic carbocycles. The number of hydrogen-bond acceptors (Lipinski definition) is 9. The van der Waals surface area contributed by atoms with Crippen molar-refractivity contribution in [1.29, 1.82) is 0 Å². The first-order chi connectivity index (χ1) is 53.3. The molecule has 1 aromatic carbocycles. The lowest BCUT2D eigenvalue weighted by Crippen LogP contribution is -2.97. The predicted octanol–water partition coefficient (Wildman–Crippen LogP) is -18.0. The second kappa shape index (κ2) is 48.7. The fourth-order valence-electron chi connectivity index (χ4n) is 18.0. The van der Waals surface area contributed by atoms with E-state index in [4.69, 9.17) is 264 Å². The molecule has 4 heterocycles. The second-order valence-electron chi connectivity index (χ2n) is 32.2. The van der Waals surface area contributed by atoms with Crippen LogP contribution in [0.4, 0.5) is 0 Å². The molecule has 78 heteroatoms. The summed E-state index contributed by atoms with van der Waals surface area (Å²) in [5, 5.41) is 13.9. The number of benzene rings is 1. The first-order valence-electron chi connectivity index (χ1n) is 38.8. The number of nitrogens with zero attached hydrogens (tertiary/aromatic N) is 5. The Labute approximate surface area is 756 Å². The van der Waals surface area contributed by atoms with Crippen molar-refractivity contribution in [2.45, 2.75) is 104 Å². The molecule has 2 fully saturated rings. The van der Waals surface area contributed by atoms with Crippen LogP contribution >= 0.6 is 22.9 Å². The van der Waals surface area contributed by atoms with E-state index in [9.17, 15) is 27.9 Å². The summed E-state index contributed by atoms with van der Waals surface area (Å²) < 4.78 is 29.5. The van der Waals surface area contributed by atoms with Gasteiger partial charge in [0.15, 0.2) is 5.78 Å². The van der Waals surface area contributed by atoms with Gasteiger partial charge in [0.2, 0.25) is 17.1 Å². The van der Waals surface area contributed by atoms with Crippen molar-refractivity contribution in [3.8, 4) is 10.6 Å². The standard InChI is InChI=1S/C22H35N3O6S.C15H16ClN3S.B63/c1-15-9-7-5-4-6-8-10-16-12-22(16,21(29)23-32(30,31)24(2)3)13-19(27)18-11-17(26)14-25(18)20(15)28;1-4-19-12-7-5-6-10(13(12)18-15(19)16)14-17-11(8-20-14)9(2)3;1-33-49(32)57(48(30)31)61(56(46(26)27)47(28)29)63(60(54(42(18)19)43(20)21)55(44(22)23)45(24)25)62(58(50(34(2)3)35(4)5)51(36(6)7)37(8)9)59(52(38(10)11)39(12)13)53(40(14)15)41(16)17/h8,10,15-18,26H,4-7,9,11-14H2,1-3H3,(H,23,29);5-9H,4H2,1-3H3;/b10-8-;;/t15-,16+,17+,18-,22+;;/m0../s1. The molecule has 2 aliphatic heterocycles. The van der Waals surface area contributed by atoms with E-state index < -0.39 is 225 Å². The van der Waals surface area contributed by atoms with Gasteiger partial charge in [0, 0.05) is 503 Å². The average Bonchev–Trinajstić information content (AvgIpc) is 1.63. The van der Waals surface area contributed by atoms with E-state index in [1.54, 1.807) is 11.3 Å². The second-order valence-corrected chi connectivity index (χ2v) is 35.3. The summed E-state index contributed by atoms with van der Waals surface area (Å²) in [4.78, 5) is 50.1. The summed E-state index contributed by atoms with van der Waals surface area (Å²) in [6.07, 6.45) is -35.7. The summed E-state index contributed by atoms with van der Waals surface area (Å²) in [5.74, 6) is -1.17. The van der Waals surface area contributed by atoms with E-state index in [-0.39, 0.29) is 42.9 Å². The van der Waals surface area contributed by atoms with Crippen LogP contribution in [0.15, 0.2) is 35.7 Å². The van der Waals surface area contributed by atoms with Gasteiger partial charge < -0.3 is 14.6 Å². The minimum absolute atomic E-state index is 0.108. The smallest absolute Gasteiger partial charge is 0.303 e. The Bertz CT molecular complexity index is 3470. The third kappa shape index (κ3) is 28.0. The lowest BCUT2D eigenvalue weighted by Gasteiger charge is -2.59. The number of thiazole rings is 1. The van der Waals surface area contributed by atoms with Gasteiger partial charge in [0.05, 0.1) is 28.8 Å². The topological polar surface area (TPSA) is 155 Å². The Morgan fingerprint density at radius 1 is 0.617 bits per heavy atom.